The van der Waals surface area contributed by atoms with Gasteiger partial charge in [-0.25, -0.2) is 4.98 Å². The molecule has 0 saturated carbocycles. The van der Waals surface area contributed by atoms with E-state index in [-0.39, 0.29) is 16.8 Å². The highest BCUT2D eigenvalue weighted by Crippen LogP contribution is 2.33. The summed E-state index contributed by atoms with van der Waals surface area (Å²) in [6.45, 7) is 8.93. The summed E-state index contributed by atoms with van der Waals surface area (Å²) in [7, 11) is 3.91. The zero-order chi connectivity index (χ0) is 23.8. The number of phenolic OH excluding ortho intramolecular Hbond substituents is 1. The van der Waals surface area contributed by atoms with E-state index < -0.39 is 0 Å². The second-order valence-corrected chi connectivity index (χ2v) is 10.5. The van der Waals surface area contributed by atoms with Crippen LogP contribution in [-0.2, 0) is 0 Å². The van der Waals surface area contributed by atoms with Crippen molar-refractivity contribution in [2.24, 2.45) is 0 Å². The molecule has 33 heavy (non-hydrogen) atoms. The molecule has 0 unspecified atom stereocenters. The predicted octanol–water partition coefficient (Wildman–Crippen LogP) is 4.70. The second-order valence-electron chi connectivity index (χ2n) is 10.5. The highest BCUT2D eigenvalue weighted by molar-refractivity contribution is 5.74. The maximum absolute atomic E-state index is 10.7. The van der Waals surface area contributed by atoms with E-state index in [0.29, 0.717) is 17.3 Å². The fraction of sp³-hybridized carbons (Fsp3) is 0.423. The first-order valence-electron chi connectivity index (χ1n) is 11.4. The molecule has 0 atom stereocenters. The Hall–Kier alpha value is -3.19. The lowest BCUT2D eigenvalue weighted by molar-refractivity contribution is 0.170. The number of pyridine rings is 1. The molecule has 3 aromatic rings. The van der Waals surface area contributed by atoms with Crippen LogP contribution in [0.2, 0.25) is 0 Å². The fourth-order valence-electron chi connectivity index (χ4n) is 4.94. The Morgan fingerprint density at radius 1 is 0.939 bits per heavy atom. The van der Waals surface area contributed by atoms with Gasteiger partial charge in [0.15, 0.2) is 0 Å². The van der Waals surface area contributed by atoms with Gasteiger partial charge in [0.2, 0.25) is 0 Å². The van der Waals surface area contributed by atoms with Crippen LogP contribution in [-0.4, -0.2) is 51.5 Å². The van der Waals surface area contributed by atoms with E-state index in [4.69, 9.17) is 0 Å². The van der Waals surface area contributed by atoms with Crippen molar-refractivity contribution in [3.05, 3.63) is 48.7 Å². The Morgan fingerprint density at radius 3 is 2.18 bits per heavy atom. The van der Waals surface area contributed by atoms with Gasteiger partial charge in [0.1, 0.15) is 17.4 Å². The Labute approximate surface area is 196 Å². The van der Waals surface area contributed by atoms with E-state index in [1.807, 2.05) is 61.6 Å². The van der Waals surface area contributed by atoms with Crippen LogP contribution in [0, 0.1) is 0 Å². The number of hydrogen-bond acceptors (Lipinski definition) is 7. The molecule has 0 radical (unpaired) electrons. The maximum atomic E-state index is 10.7. The van der Waals surface area contributed by atoms with Gasteiger partial charge in [-0.3, -0.25) is 0 Å². The van der Waals surface area contributed by atoms with Crippen molar-refractivity contribution in [2.45, 2.75) is 57.7 Å². The van der Waals surface area contributed by atoms with Crippen LogP contribution in [0.1, 0.15) is 40.5 Å². The molecule has 0 bridgehead atoms. The van der Waals surface area contributed by atoms with Gasteiger partial charge in [-0.1, -0.05) is 6.07 Å². The van der Waals surface area contributed by atoms with Crippen LogP contribution in [0.3, 0.4) is 0 Å². The summed E-state index contributed by atoms with van der Waals surface area (Å²) in [5.41, 5.74) is 3.25. The minimum atomic E-state index is 0.0582. The van der Waals surface area contributed by atoms with Crippen molar-refractivity contribution in [1.29, 1.82) is 0 Å². The van der Waals surface area contributed by atoms with E-state index in [0.717, 1.165) is 35.6 Å². The van der Waals surface area contributed by atoms with Gasteiger partial charge >= 0.3 is 0 Å². The van der Waals surface area contributed by atoms with Gasteiger partial charge in [0.25, 0.3) is 0 Å². The van der Waals surface area contributed by atoms with Crippen molar-refractivity contribution in [3.63, 3.8) is 0 Å². The molecule has 1 fully saturated rings. The lowest BCUT2D eigenvalue weighted by atomic mass is 9.79. The maximum Gasteiger partial charge on any atom is 0.148 e. The summed E-state index contributed by atoms with van der Waals surface area (Å²) in [6, 6.07) is 13.7. The van der Waals surface area contributed by atoms with E-state index in [2.05, 4.69) is 53.5 Å². The first kappa shape index (κ1) is 23.0. The molecular formula is C26H34N6O. The number of anilines is 2. The highest BCUT2D eigenvalue weighted by Gasteiger charge is 2.37. The zero-order valence-electron chi connectivity index (χ0n) is 20.3. The number of aromatic nitrogens is 3. The van der Waals surface area contributed by atoms with Crippen LogP contribution in [0.15, 0.2) is 48.7 Å². The fourth-order valence-corrected chi connectivity index (χ4v) is 4.94. The Morgan fingerprint density at radius 2 is 1.64 bits per heavy atom. The van der Waals surface area contributed by atoms with Gasteiger partial charge in [-0.15, -0.1) is 10.2 Å². The lowest BCUT2D eigenvalue weighted by Gasteiger charge is -2.46. The van der Waals surface area contributed by atoms with Crippen molar-refractivity contribution in [1.82, 2.24) is 20.5 Å². The molecule has 3 heterocycles. The van der Waals surface area contributed by atoms with Crippen LogP contribution >= 0.6 is 0 Å². The van der Waals surface area contributed by atoms with Gasteiger partial charge in [0, 0.05) is 48.5 Å². The summed E-state index contributed by atoms with van der Waals surface area (Å²) in [5, 5.41) is 26.7. The third kappa shape index (κ3) is 5.42. The van der Waals surface area contributed by atoms with Crippen LogP contribution in [0.4, 0.5) is 11.6 Å². The molecule has 1 aliphatic rings. The summed E-state index contributed by atoms with van der Waals surface area (Å²) in [5.74, 6) is 1.81. The Kier molecular flexibility index (Phi) is 6.01. The predicted molar refractivity (Wildman–Crippen MR) is 135 cm³/mol. The van der Waals surface area contributed by atoms with Crippen molar-refractivity contribution >= 4 is 11.6 Å². The number of piperidine rings is 1. The summed E-state index contributed by atoms with van der Waals surface area (Å²) in [4.78, 5) is 6.40. The van der Waals surface area contributed by atoms with Crippen LogP contribution in [0.25, 0.3) is 22.4 Å². The average Bonchev–Trinajstić information content (AvgIpc) is 2.72. The number of nitrogens with one attached hydrogen (secondary N) is 2. The molecule has 0 spiro atoms. The largest absolute Gasteiger partial charge is 0.507 e. The molecule has 1 aromatic carbocycles. The average molecular weight is 447 g/mol. The minimum absolute atomic E-state index is 0.0582. The first-order chi connectivity index (χ1) is 15.5. The third-order valence-electron chi connectivity index (χ3n) is 6.02. The number of rotatable bonds is 5. The molecule has 7 heteroatoms. The third-order valence-corrected chi connectivity index (χ3v) is 6.02. The topological polar surface area (TPSA) is 86.2 Å². The quantitative estimate of drug-likeness (QED) is 0.524. The molecule has 0 amide bonds. The lowest BCUT2D eigenvalue weighted by Crippen LogP contribution is -2.60. The number of nitrogens with zero attached hydrogens (tertiary/aromatic N) is 4. The molecule has 7 nitrogen and oxygen atoms in total. The molecular weight excluding hydrogens is 412 g/mol. The van der Waals surface area contributed by atoms with E-state index in [1.54, 1.807) is 6.07 Å². The normalized spacial score (nSPS) is 17.5. The van der Waals surface area contributed by atoms with Crippen LogP contribution in [0.5, 0.6) is 5.75 Å². The Balaban J connectivity index is 1.48. The minimum Gasteiger partial charge on any atom is -0.507 e. The highest BCUT2D eigenvalue weighted by atomic mass is 16.3. The van der Waals surface area contributed by atoms with E-state index in [1.165, 1.54) is 0 Å². The van der Waals surface area contributed by atoms with Crippen molar-refractivity contribution in [2.75, 3.05) is 24.3 Å². The van der Waals surface area contributed by atoms with Crippen LogP contribution < -0.4 is 15.5 Å². The number of aromatic hydroxyl groups is 1. The molecule has 1 saturated heterocycles. The van der Waals surface area contributed by atoms with Gasteiger partial charge in [-0.05, 0) is 82.5 Å². The van der Waals surface area contributed by atoms with Gasteiger partial charge < -0.3 is 20.6 Å². The Bertz CT molecular complexity index is 1090. The van der Waals surface area contributed by atoms with Gasteiger partial charge in [0.05, 0.1) is 5.69 Å². The van der Waals surface area contributed by atoms with Gasteiger partial charge in [-0.2, -0.15) is 0 Å². The molecule has 0 aliphatic carbocycles. The SMILES string of the molecule is CN(C)c1ccc(-c2ccc(-c3ccc(NC4CC(C)(C)NC(C)(C)C4)nn3)c(O)c2)cn1. The molecule has 3 N–H and O–H groups in total. The second kappa shape index (κ2) is 8.63. The first-order valence-corrected chi connectivity index (χ1v) is 11.4. The number of hydrogen-bond donors (Lipinski definition) is 3. The standard InChI is InChI=1S/C26H34N6O/c1-25(2)14-19(15-26(3,4)31-25)28-23-11-10-21(29-30-23)20-9-7-17(13-22(20)33)18-8-12-24(27-16-18)32(5)6/h7-13,16,19,31,33H,14-15H2,1-6H3,(H,28,30). The molecule has 4 rings (SSSR count). The van der Waals surface area contributed by atoms with Crippen molar-refractivity contribution < 1.29 is 5.11 Å². The van der Waals surface area contributed by atoms with E-state index >= 15 is 0 Å². The summed E-state index contributed by atoms with van der Waals surface area (Å²) in [6.07, 6.45) is 3.83. The summed E-state index contributed by atoms with van der Waals surface area (Å²) >= 11 is 0. The van der Waals surface area contributed by atoms with E-state index in [9.17, 15) is 5.11 Å². The summed E-state index contributed by atoms with van der Waals surface area (Å²) < 4.78 is 0. The number of benzene rings is 1. The van der Waals surface area contributed by atoms with Crippen molar-refractivity contribution in [3.8, 4) is 28.1 Å². The zero-order valence-corrected chi connectivity index (χ0v) is 20.3. The molecule has 1 aliphatic heterocycles. The monoisotopic (exact) mass is 446 g/mol. The smallest absolute Gasteiger partial charge is 0.148 e. The molecule has 174 valence electrons. The number of phenols is 1. The molecule has 2 aromatic heterocycles.